The number of amides is 1. The summed E-state index contributed by atoms with van der Waals surface area (Å²) >= 11 is 0. The number of hydrogen-bond acceptors (Lipinski definition) is 5. The Morgan fingerprint density at radius 3 is 2.76 bits per heavy atom. The second-order valence-corrected chi connectivity index (χ2v) is 3.37. The zero-order valence-corrected chi connectivity index (χ0v) is 9.42. The van der Waals surface area contributed by atoms with Crippen LogP contribution in [0.25, 0.3) is 0 Å². The number of hydrogen-bond donors (Lipinski definition) is 3. The van der Waals surface area contributed by atoms with Crippen molar-refractivity contribution in [3.8, 4) is 11.5 Å². The molecule has 1 amide bonds. The summed E-state index contributed by atoms with van der Waals surface area (Å²) in [5.41, 5.74) is 5.40. The molecule has 0 saturated heterocycles. The smallest absolute Gasteiger partial charge is 0.252 e. The molecule has 17 heavy (non-hydrogen) atoms. The lowest BCUT2D eigenvalue weighted by atomic mass is 10.2. The molecule has 1 rings (SSSR count). The van der Waals surface area contributed by atoms with E-state index in [-0.39, 0.29) is 18.8 Å². The summed E-state index contributed by atoms with van der Waals surface area (Å²) in [5.74, 6) is 0.122. The van der Waals surface area contributed by atoms with Crippen molar-refractivity contribution in [2.45, 2.75) is 6.10 Å². The van der Waals surface area contributed by atoms with Crippen LogP contribution in [-0.4, -0.2) is 42.5 Å². The maximum absolute atomic E-state index is 11.0. The fourth-order valence-corrected chi connectivity index (χ4v) is 1.21. The number of rotatable bonds is 6. The quantitative estimate of drug-likeness (QED) is 0.624. The number of aliphatic hydroxyl groups is 2. The van der Waals surface area contributed by atoms with E-state index < -0.39 is 12.0 Å². The summed E-state index contributed by atoms with van der Waals surface area (Å²) < 4.78 is 10.2. The molecule has 0 bridgehead atoms. The maximum atomic E-state index is 11.0. The number of primary amides is 1. The molecular weight excluding hydrogens is 226 g/mol. The SMILES string of the molecule is COc1cc(OC[C@H](O)CO)ccc1C(N)=O. The highest BCUT2D eigenvalue weighted by atomic mass is 16.5. The Hall–Kier alpha value is -1.79. The van der Waals surface area contributed by atoms with E-state index in [4.69, 9.17) is 25.4 Å². The van der Waals surface area contributed by atoms with E-state index in [1.165, 1.54) is 25.3 Å². The Morgan fingerprint density at radius 2 is 2.24 bits per heavy atom. The highest BCUT2D eigenvalue weighted by molar-refractivity contribution is 5.95. The third-order valence-electron chi connectivity index (χ3n) is 2.09. The van der Waals surface area contributed by atoms with Gasteiger partial charge in [-0.05, 0) is 12.1 Å². The Kier molecular flexibility index (Phi) is 4.74. The van der Waals surface area contributed by atoms with Crippen LogP contribution >= 0.6 is 0 Å². The second-order valence-electron chi connectivity index (χ2n) is 3.37. The Morgan fingerprint density at radius 1 is 1.53 bits per heavy atom. The molecule has 94 valence electrons. The molecule has 6 heteroatoms. The highest BCUT2D eigenvalue weighted by Crippen LogP contribution is 2.24. The molecule has 0 aliphatic heterocycles. The summed E-state index contributed by atoms with van der Waals surface area (Å²) in [4.78, 5) is 11.0. The van der Waals surface area contributed by atoms with Gasteiger partial charge >= 0.3 is 0 Å². The minimum atomic E-state index is -0.947. The van der Waals surface area contributed by atoms with Gasteiger partial charge in [-0.15, -0.1) is 0 Å². The van der Waals surface area contributed by atoms with Gasteiger partial charge < -0.3 is 25.4 Å². The van der Waals surface area contributed by atoms with E-state index in [2.05, 4.69) is 0 Å². The molecule has 1 atom stereocenters. The van der Waals surface area contributed by atoms with Crippen molar-refractivity contribution in [2.75, 3.05) is 20.3 Å². The number of carbonyl (C=O) groups is 1. The predicted molar refractivity (Wildman–Crippen MR) is 60.1 cm³/mol. The van der Waals surface area contributed by atoms with Gasteiger partial charge in [0.05, 0.1) is 19.3 Å². The van der Waals surface area contributed by atoms with Crippen LogP contribution in [-0.2, 0) is 0 Å². The van der Waals surface area contributed by atoms with Crippen molar-refractivity contribution >= 4 is 5.91 Å². The van der Waals surface area contributed by atoms with Crippen LogP contribution in [0.1, 0.15) is 10.4 Å². The molecule has 0 fully saturated rings. The minimum Gasteiger partial charge on any atom is -0.496 e. The van der Waals surface area contributed by atoms with Gasteiger partial charge in [0.1, 0.15) is 24.2 Å². The van der Waals surface area contributed by atoms with Crippen LogP contribution in [0.2, 0.25) is 0 Å². The number of carbonyl (C=O) groups excluding carboxylic acids is 1. The summed E-state index contributed by atoms with van der Waals surface area (Å²) in [6.07, 6.45) is -0.947. The van der Waals surface area contributed by atoms with Crippen LogP contribution in [0.5, 0.6) is 11.5 Å². The molecule has 0 unspecified atom stereocenters. The van der Waals surface area contributed by atoms with Crippen molar-refractivity contribution in [3.63, 3.8) is 0 Å². The van der Waals surface area contributed by atoms with Gasteiger partial charge in [-0.2, -0.15) is 0 Å². The molecule has 0 radical (unpaired) electrons. The van der Waals surface area contributed by atoms with Crippen molar-refractivity contribution in [1.82, 2.24) is 0 Å². The monoisotopic (exact) mass is 241 g/mol. The van der Waals surface area contributed by atoms with Crippen molar-refractivity contribution in [2.24, 2.45) is 5.73 Å². The van der Waals surface area contributed by atoms with Gasteiger partial charge in [-0.25, -0.2) is 0 Å². The van der Waals surface area contributed by atoms with Crippen LogP contribution in [0, 0.1) is 0 Å². The summed E-state index contributed by atoms with van der Waals surface area (Å²) in [6, 6.07) is 4.50. The maximum Gasteiger partial charge on any atom is 0.252 e. The van der Waals surface area contributed by atoms with Crippen molar-refractivity contribution in [1.29, 1.82) is 0 Å². The van der Waals surface area contributed by atoms with E-state index in [0.29, 0.717) is 11.5 Å². The summed E-state index contributed by atoms with van der Waals surface area (Å²) in [7, 11) is 1.41. The number of methoxy groups -OCH3 is 1. The van der Waals surface area contributed by atoms with E-state index in [9.17, 15) is 4.79 Å². The lowest BCUT2D eigenvalue weighted by Crippen LogP contribution is -2.21. The molecule has 0 spiro atoms. The van der Waals surface area contributed by atoms with E-state index in [1.54, 1.807) is 0 Å². The lowest BCUT2D eigenvalue weighted by molar-refractivity contribution is 0.0535. The lowest BCUT2D eigenvalue weighted by Gasteiger charge is -2.12. The fourth-order valence-electron chi connectivity index (χ4n) is 1.21. The summed E-state index contributed by atoms with van der Waals surface area (Å²) in [5, 5.41) is 17.7. The van der Waals surface area contributed by atoms with Crippen LogP contribution in [0.15, 0.2) is 18.2 Å². The first-order chi connectivity index (χ1) is 8.08. The van der Waals surface area contributed by atoms with E-state index in [0.717, 1.165) is 0 Å². The predicted octanol–water partition coefficient (Wildman–Crippen LogP) is -0.474. The van der Waals surface area contributed by atoms with Gasteiger partial charge in [0.2, 0.25) is 0 Å². The number of benzene rings is 1. The zero-order valence-electron chi connectivity index (χ0n) is 9.42. The summed E-state index contributed by atoms with van der Waals surface area (Å²) in [6.45, 7) is -0.425. The third-order valence-corrected chi connectivity index (χ3v) is 2.09. The number of aliphatic hydroxyl groups excluding tert-OH is 2. The van der Waals surface area contributed by atoms with Gasteiger partial charge in [0.15, 0.2) is 0 Å². The molecule has 1 aromatic rings. The Balaban J connectivity index is 2.79. The standard InChI is InChI=1S/C11H15NO5/c1-16-10-4-8(17-6-7(14)5-13)2-3-9(10)11(12)15/h2-4,7,13-14H,5-6H2,1H3,(H2,12,15)/t7-/m1/s1. The molecule has 4 N–H and O–H groups in total. The van der Waals surface area contributed by atoms with Gasteiger partial charge in [0, 0.05) is 6.07 Å². The molecule has 6 nitrogen and oxygen atoms in total. The van der Waals surface area contributed by atoms with E-state index in [1.807, 2.05) is 0 Å². The van der Waals surface area contributed by atoms with Crippen molar-refractivity contribution < 1.29 is 24.5 Å². The van der Waals surface area contributed by atoms with Crippen LogP contribution in [0.3, 0.4) is 0 Å². The normalized spacial score (nSPS) is 11.9. The largest absolute Gasteiger partial charge is 0.496 e. The fraction of sp³-hybridized carbons (Fsp3) is 0.364. The molecule has 0 heterocycles. The molecule has 0 aliphatic rings. The molecule has 0 aromatic heterocycles. The average Bonchev–Trinajstić information content (AvgIpc) is 2.35. The Labute approximate surface area is 98.6 Å². The minimum absolute atomic E-state index is 0.0461. The third kappa shape index (κ3) is 3.61. The van der Waals surface area contributed by atoms with Crippen molar-refractivity contribution in [3.05, 3.63) is 23.8 Å². The highest BCUT2D eigenvalue weighted by Gasteiger charge is 2.10. The molecule has 0 aliphatic carbocycles. The van der Waals surface area contributed by atoms with Gasteiger partial charge in [-0.1, -0.05) is 0 Å². The first kappa shape index (κ1) is 13.3. The average molecular weight is 241 g/mol. The molecule has 1 aromatic carbocycles. The van der Waals surface area contributed by atoms with Crippen LogP contribution < -0.4 is 15.2 Å². The molecular formula is C11H15NO5. The van der Waals surface area contributed by atoms with Crippen LogP contribution in [0.4, 0.5) is 0 Å². The number of nitrogens with two attached hydrogens (primary N) is 1. The second kappa shape index (κ2) is 6.07. The Bertz CT molecular complexity index is 393. The zero-order chi connectivity index (χ0) is 12.8. The number of ether oxygens (including phenoxy) is 2. The molecule has 0 saturated carbocycles. The topological polar surface area (TPSA) is 102 Å². The first-order valence-electron chi connectivity index (χ1n) is 4.98. The van der Waals surface area contributed by atoms with Gasteiger partial charge in [0.25, 0.3) is 5.91 Å². The first-order valence-corrected chi connectivity index (χ1v) is 4.98. The van der Waals surface area contributed by atoms with Gasteiger partial charge in [-0.3, -0.25) is 4.79 Å². The van der Waals surface area contributed by atoms with E-state index >= 15 is 0 Å².